The Morgan fingerprint density at radius 3 is 2.50 bits per heavy atom. The summed E-state index contributed by atoms with van der Waals surface area (Å²) in [6.07, 6.45) is 6.46. The van der Waals surface area contributed by atoms with Crippen LogP contribution in [0.25, 0.3) is 0 Å². The average molecular weight is 222 g/mol. The standard InChI is InChI=1S/C12H14O4/c1-6-12(5,7-2)16-10(13)8-15-11(14)9(3)4/h1,7H,2-3,8H2,4-5H3. The molecule has 0 aromatic heterocycles. The van der Waals surface area contributed by atoms with E-state index >= 15 is 0 Å². The lowest BCUT2D eigenvalue weighted by molar-refractivity contribution is -0.161. The van der Waals surface area contributed by atoms with E-state index in [2.05, 4.69) is 23.8 Å². The first kappa shape index (κ1) is 14.0. The molecule has 0 N–H and O–H groups in total. The topological polar surface area (TPSA) is 52.6 Å². The molecule has 0 saturated heterocycles. The highest BCUT2D eigenvalue weighted by molar-refractivity contribution is 5.88. The fraction of sp³-hybridized carbons (Fsp3) is 0.333. The van der Waals surface area contributed by atoms with E-state index in [1.165, 1.54) is 19.9 Å². The van der Waals surface area contributed by atoms with Crippen molar-refractivity contribution in [1.82, 2.24) is 0 Å². The van der Waals surface area contributed by atoms with Gasteiger partial charge in [0.1, 0.15) is 0 Å². The van der Waals surface area contributed by atoms with Gasteiger partial charge in [0.25, 0.3) is 0 Å². The normalized spacial score (nSPS) is 12.8. The van der Waals surface area contributed by atoms with E-state index in [9.17, 15) is 9.59 Å². The van der Waals surface area contributed by atoms with Crippen LogP contribution in [0.5, 0.6) is 0 Å². The third kappa shape index (κ3) is 4.47. The first-order chi connectivity index (χ1) is 7.34. The van der Waals surface area contributed by atoms with E-state index in [0.717, 1.165) is 0 Å². The Morgan fingerprint density at radius 1 is 1.56 bits per heavy atom. The lowest BCUT2D eigenvalue weighted by Crippen LogP contribution is -2.30. The molecule has 0 heterocycles. The van der Waals surface area contributed by atoms with Crippen LogP contribution in [0.2, 0.25) is 0 Å². The maximum Gasteiger partial charge on any atom is 0.346 e. The van der Waals surface area contributed by atoms with Crippen LogP contribution in [0.1, 0.15) is 13.8 Å². The molecule has 0 fully saturated rings. The highest BCUT2D eigenvalue weighted by Crippen LogP contribution is 2.10. The number of esters is 2. The second kappa shape index (κ2) is 5.76. The summed E-state index contributed by atoms with van der Waals surface area (Å²) < 4.78 is 9.45. The first-order valence-corrected chi connectivity index (χ1v) is 4.50. The fourth-order valence-corrected chi connectivity index (χ4v) is 0.644. The molecule has 0 spiro atoms. The molecule has 4 nitrogen and oxygen atoms in total. The van der Waals surface area contributed by atoms with Crippen LogP contribution >= 0.6 is 0 Å². The Kier molecular flexibility index (Phi) is 5.03. The average Bonchev–Trinajstić information content (AvgIpc) is 2.25. The summed E-state index contributed by atoms with van der Waals surface area (Å²) in [6.45, 7) is 9.27. The van der Waals surface area contributed by atoms with Gasteiger partial charge in [-0.15, -0.1) is 6.42 Å². The molecule has 0 aliphatic carbocycles. The van der Waals surface area contributed by atoms with Crippen LogP contribution in [-0.2, 0) is 19.1 Å². The summed E-state index contributed by atoms with van der Waals surface area (Å²) in [4.78, 5) is 22.2. The van der Waals surface area contributed by atoms with Gasteiger partial charge in [-0.25, -0.2) is 9.59 Å². The second-order valence-corrected chi connectivity index (χ2v) is 3.29. The summed E-state index contributed by atoms with van der Waals surface area (Å²) >= 11 is 0. The maximum atomic E-state index is 11.2. The molecule has 0 aromatic rings. The van der Waals surface area contributed by atoms with Crippen molar-refractivity contribution in [1.29, 1.82) is 0 Å². The summed E-state index contributed by atoms with van der Waals surface area (Å²) in [7, 11) is 0. The predicted molar refractivity (Wildman–Crippen MR) is 59.3 cm³/mol. The molecule has 4 heteroatoms. The third-order valence-electron chi connectivity index (χ3n) is 1.67. The first-order valence-electron chi connectivity index (χ1n) is 4.50. The van der Waals surface area contributed by atoms with Gasteiger partial charge in [0.2, 0.25) is 0 Å². The lowest BCUT2D eigenvalue weighted by atomic mass is 10.1. The van der Waals surface area contributed by atoms with Crippen LogP contribution in [0, 0.1) is 12.3 Å². The van der Waals surface area contributed by atoms with Crippen molar-refractivity contribution in [2.24, 2.45) is 0 Å². The Bertz CT molecular complexity index is 362. The largest absolute Gasteiger partial charge is 0.450 e. The molecule has 0 bridgehead atoms. The van der Waals surface area contributed by atoms with Crippen LogP contribution in [0.15, 0.2) is 24.8 Å². The zero-order chi connectivity index (χ0) is 12.8. The molecule has 1 unspecified atom stereocenters. The molecule has 16 heavy (non-hydrogen) atoms. The van der Waals surface area contributed by atoms with Gasteiger partial charge in [-0.1, -0.05) is 19.1 Å². The van der Waals surface area contributed by atoms with Crippen molar-refractivity contribution in [3.05, 3.63) is 24.8 Å². The molecule has 0 aliphatic heterocycles. The van der Waals surface area contributed by atoms with E-state index in [4.69, 9.17) is 11.2 Å². The number of carbonyl (C=O) groups excluding carboxylic acids is 2. The van der Waals surface area contributed by atoms with Gasteiger partial charge < -0.3 is 9.47 Å². The molecular formula is C12H14O4. The Balaban J connectivity index is 4.21. The maximum absolute atomic E-state index is 11.2. The van der Waals surface area contributed by atoms with E-state index in [-0.39, 0.29) is 5.57 Å². The van der Waals surface area contributed by atoms with Crippen molar-refractivity contribution in [2.45, 2.75) is 19.4 Å². The van der Waals surface area contributed by atoms with Crippen LogP contribution in [0.3, 0.4) is 0 Å². The molecule has 0 aliphatic rings. The SMILES string of the molecule is C#CC(C)(C=C)OC(=O)COC(=O)C(=C)C. The minimum Gasteiger partial charge on any atom is -0.450 e. The summed E-state index contributed by atoms with van der Waals surface area (Å²) in [5.41, 5.74) is -0.983. The zero-order valence-electron chi connectivity index (χ0n) is 9.41. The number of hydrogen-bond acceptors (Lipinski definition) is 4. The molecule has 0 radical (unpaired) electrons. The van der Waals surface area contributed by atoms with Gasteiger partial charge in [0, 0.05) is 5.57 Å². The molecule has 0 rings (SSSR count). The predicted octanol–water partition coefficient (Wildman–Crippen LogP) is 1.23. The van der Waals surface area contributed by atoms with E-state index in [1.807, 2.05) is 0 Å². The number of ether oxygens (including phenoxy) is 2. The molecular weight excluding hydrogens is 208 g/mol. The number of terminal acetylenes is 1. The quantitative estimate of drug-likeness (QED) is 0.304. The zero-order valence-corrected chi connectivity index (χ0v) is 9.41. The fourth-order valence-electron chi connectivity index (χ4n) is 0.644. The Morgan fingerprint density at radius 2 is 2.12 bits per heavy atom. The van der Waals surface area contributed by atoms with Crippen molar-refractivity contribution in [2.75, 3.05) is 6.61 Å². The molecule has 0 aromatic carbocycles. The molecule has 1 atom stereocenters. The Hall–Kier alpha value is -2.02. The van der Waals surface area contributed by atoms with Gasteiger partial charge >= 0.3 is 11.9 Å². The van der Waals surface area contributed by atoms with Crippen LogP contribution < -0.4 is 0 Å². The summed E-state index contributed by atoms with van der Waals surface area (Å²) in [6, 6.07) is 0. The van der Waals surface area contributed by atoms with E-state index < -0.39 is 24.1 Å². The van der Waals surface area contributed by atoms with Gasteiger partial charge in [-0.2, -0.15) is 0 Å². The van der Waals surface area contributed by atoms with Crippen molar-refractivity contribution >= 4 is 11.9 Å². The molecule has 86 valence electrons. The van der Waals surface area contributed by atoms with Crippen molar-refractivity contribution < 1.29 is 19.1 Å². The summed E-state index contributed by atoms with van der Waals surface area (Å²) in [5, 5.41) is 0. The van der Waals surface area contributed by atoms with Gasteiger partial charge in [-0.3, -0.25) is 0 Å². The van der Waals surface area contributed by atoms with Gasteiger partial charge in [0.05, 0.1) is 0 Å². The van der Waals surface area contributed by atoms with Crippen LogP contribution in [-0.4, -0.2) is 24.1 Å². The smallest absolute Gasteiger partial charge is 0.346 e. The van der Waals surface area contributed by atoms with Gasteiger partial charge in [-0.05, 0) is 19.9 Å². The highest BCUT2D eigenvalue weighted by Gasteiger charge is 2.22. The minimum atomic E-state index is -1.19. The Labute approximate surface area is 94.9 Å². The van der Waals surface area contributed by atoms with Gasteiger partial charge in [0.15, 0.2) is 12.2 Å². The second-order valence-electron chi connectivity index (χ2n) is 3.29. The van der Waals surface area contributed by atoms with Crippen molar-refractivity contribution in [3.8, 4) is 12.3 Å². The van der Waals surface area contributed by atoms with Crippen LogP contribution in [0.4, 0.5) is 0 Å². The third-order valence-corrected chi connectivity index (χ3v) is 1.67. The highest BCUT2D eigenvalue weighted by atomic mass is 16.6. The van der Waals surface area contributed by atoms with E-state index in [1.54, 1.807) is 0 Å². The van der Waals surface area contributed by atoms with Crippen molar-refractivity contribution in [3.63, 3.8) is 0 Å². The lowest BCUT2D eigenvalue weighted by Gasteiger charge is -2.19. The summed E-state index contributed by atoms with van der Waals surface area (Å²) in [5.74, 6) is 0.855. The molecule has 0 amide bonds. The monoisotopic (exact) mass is 222 g/mol. The molecule has 0 saturated carbocycles. The number of hydrogen-bond donors (Lipinski definition) is 0. The number of carbonyl (C=O) groups is 2. The number of rotatable bonds is 5. The van der Waals surface area contributed by atoms with E-state index in [0.29, 0.717) is 0 Å². The minimum absolute atomic E-state index is 0.205.